The molecule has 0 radical (unpaired) electrons. The van der Waals surface area contributed by atoms with Crippen LogP contribution in [0.3, 0.4) is 0 Å². The molecular formula is C73H81IN10O5. The fraction of sp³-hybridized carbons (Fsp3) is 0.315. The number of unbranched alkanes of at least 4 members (excludes halogenated alkanes) is 1. The van der Waals surface area contributed by atoms with Crippen LogP contribution in [0.5, 0.6) is 0 Å². The highest BCUT2D eigenvalue weighted by Gasteiger charge is 2.44. The van der Waals surface area contributed by atoms with Gasteiger partial charge in [-0.05, 0) is 132 Å². The standard InChI is InChI=1S/C72H78N10O3.CH2O2.HI/c1-8-81-62-35-17-15-32-55(62)70(3,4)64(81)37-22-26-49-24-21-25-50(38-43-65-71(5,6)56-33-16-18-36-63(56)82(65)9-2)69(49)74-47-20-19-46-73-66(83)44-45-67(84)85-48-72(7)75-60-34-23-31-54-59(41-42-61(76-72)68(54)60)80-79-58-40-39-57(52-29-13-14-30-53(52)58)78-77-51-27-11-10-12-28-51;2-1-3;/h10-18,22-23,26-43,50,74H,8-9,19-21,24-25,44-48H2,1-7H3,(H2-,73,75,76,77,79,83);1H,(H,2,3);1H/b26-22+,43-38+,64-37-;;. The van der Waals surface area contributed by atoms with E-state index >= 15 is 0 Å². The maximum atomic E-state index is 13.2. The van der Waals surface area contributed by atoms with E-state index in [9.17, 15) is 9.59 Å². The van der Waals surface area contributed by atoms with E-state index in [4.69, 9.17) is 24.9 Å². The number of halogens is 1. The summed E-state index contributed by atoms with van der Waals surface area (Å²) in [6.45, 7) is 18.7. The quantitative estimate of drug-likeness (QED) is 0.0117. The number of carboxylic acid groups (broad SMARTS) is 1. The molecule has 2 atom stereocenters. The monoisotopic (exact) mass is 1300 g/mol. The first-order valence-electron chi connectivity index (χ1n) is 30.9. The first kappa shape index (κ1) is 64.7. The third-order valence-corrected chi connectivity index (χ3v) is 17.3. The maximum absolute atomic E-state index is 13.2. The van der Waals surface area contributed by atoms with Gasteiger partial charge in [0.25, 0.3) is 6.47 Å². The summed E-state index contributed by atoms with van der Waals surface area (Å²) in [4.78, 5) is 37.1. The van der Waals surface area contributed by atoms with E-state index in [0.717, 1.165) is 102 Å². The summed E-state index contributed by atoms with van der Waals surface area (Å²) in [5.41, 5.74) is 14.3. The molecule has 1 aliphatic carbocycles. The van der Waals surface area contributed by atoms with Gasteiger partial charge in [-0.2, -0.15) is 9.69 Å². The molecule has 0 aromatic heterocycles. The number of azo groups is 2. The number of likely N-dealkylation sites (N-methyl/N-ethyl adjacent to an activating group) is 1. The van der Waals surface area contributed by atoms with Gasteiger partial charge < -0.3 is 60.0 Å². The van der Waals surface area contributed by atoms with Crippen molar-refractivity contribution in [2.24, 2.45) is 26.4 Å². The third-order valence-electron chi connectivity index (χ3n) is 17.3. The molecule has 0 saturated carbocycles. The van der Waals surface area contributed by atoms with E-state index < -0.39 is 11.6 Å². The minimum atomic E-state index is -0.807. The number of carbonyl (C=O) groups excluding carboxylic acids is 2. The van der Waals surface area contributed by atoms with Crippen molar-refractivity contribution in [3.63, 3.8) is 0 Å². The number of amides is 1. The molecular weight excluding hydrogens is 1220 g/mol. The van der Waals surface area contributed by atoms with Crippen LogP contribution >= 0.6 is 0 Å². The van der Waals surface area contributed by atoms with E-state index in [1.54, 1.807) is 0 Å². The number of fused-ring (bicyclic) bond motifs is 3. The molecule has 3 aliphatic heterocycles. The second-order valence-corrected chi connectivity index (χ2v) is 23.9. The number of esters is 1. The summed E-state index contributed by atoms with van der Waals surface area (Å²) in [7, 11) is 0. The predicted octanol–water partition coefficient (Wildman–Crippen LogP) is 13.9. The Balaban J connectivity index is 0.00000231. The van der Waals surface area contributed by atoms with Gasteiger partial charge in [0.15, 0.2) is 5.71 Å². The van der Waals surface area contributed by atoms with Crippen LogP contribution in [0.4, 0.5) is 45.5 Å². The molecule has 3 heterocycles. The Morgan fingerprint density at radius 3 is 2.04 bits per heavy atom. The summed E-state index contributed by atoms with van der Waals surface area (Å²) in [6.07, 6.45) is 16.7. The van der Waals surface area contributed by atoms with Crippen LogP contribution in [-0.2, 0) is 30.0 Å². The van der Waals surface area contributed by atoms with Crippen LogP contribution in [-0.4, -0.2) is 72.2 Å². The molecule has 7 aromatic carbocycles. The Hall–Kier alpha value is -8.77. The topological polar surface area (TPSA) is 184 Å². The van der Waals surface area contributed by atoms with E-state index in [1.165, 1.54) is 45.2 Å². The van der Waals surface area contributed by atoms with Crippen LogP contribution < -0.4 is 50.1 Å². The number of carbonyl (C=O) groups is 3. The van der Waals surface area contributed by atoms with Gasteiger partial charge in [-0.15, -0.1) is 15.3 Å². The summed E-state index contributed by atoms with van der Waals surface area (Å²) in [5, 5.41) is 43.2. The number of benzene rings is 7. The van der Waals surface area contributed by atoms with Gasteiger partial charge in [-0.3, -0.25) is 14.4 Å². The highest BCUT2D eigenvalue weighted by Crippen LogP contribution is 2.48. The molecule has 5 N–H and O–H groups in total. The zero-order valence-corrected chi connectivity index (χ0v) is 54.2. The van der Waals surface area contributed by atoms with Crippen molar-refractivity contribution < 1.29 is 52.8 Å². The van der Waals surface area contributed by atoms with E-state index in [1.807, 2.05) is 104 Å². The van der Waals surface area contributed by atoms with Crippen molar-refractivity contribution in [1.82, 2.24) is 10.6 Å². The second kappa shape index (κ2) is 29.0. The third kappa shape index (κ3) is 14.4. The smallest absolute Gasteiger partial charge is 0.306 e. The molecule has 2 unspecified atom stereocenters. The Bertz CT molecular complexity index is 3950. The Kier molecular flexibility index (Phi) is 21.1. The van der Waals surface area contributed by atoms with Gasteiger partial charge in [0.1, 0.15) is 18.8 Å². The Morgan fingerprint density at radius 2 is 1.33 bits per heavy atom. The number of nitrogens with one attached hydrogen (secondary N) is 4. The summed E-state index contributed by atoms with van der Waals surface area (Å²) in [6, 6.07) is 49.0. The lowest BCUT2D eigenvalue weighted by Crippen LogP contribution is -3.00. The van der Waals surface area contributed by atoms with Gasteiger partial charge >= 0.3 is 5.97 Å². The van der Waals surface area contributed by atoms with Gasteiger partial charge in [-0.1, -0.05) is 123 Å². The van der Waals surface area contributed by atoms with Crippen LogP contribution in [0.1, 0.15) is 105 Å². The normalized spacial score (nSPS) is 18.4. The molecule has 16 heteroatoms. The van der Waals surface area contributed by atoms with Crippen LogP contribution in [0.15, 0.2) is 213 Å². The number of allylic oxidation sites excluding steroid dienone is 7. The molecule has 0 saturated heterocycles. The molecule has 4 aliphatic rings. The molecule has 15 nitrogen and oxygen atoms in total. The minimum Gasteiger partial charge on any atom is -1.00 e. The summed E-state index contributed by atoms with van der Waals surface area (Å²) >= 11 is 0. The zero-order chi connectivity index (χ0) is 61.8. The molecule has 0 spiro atoms. The average molecular weight is 1310 g/mol. The largest absolute Gasteiger partial charge is 1.00 e. The number of para-hydroxylation sites is 2. The van der Waals surface area contributed by atoms with Crippen LogP contribution in [0, 0.1) is 5.92 Å². The van der Waals surface area contributed by atoms with Crippen molar-refractivity contribution in [1.29, 1.82) is 0 Å². The number of anilines is 3. The number of nitrogens with zero attached hydrogens (tertiary/aromatic N) is 6. The molecule has 460 valence electrons. The Labute approximate surface area is 540 Å². The van der Waals surface area contributed by atoms with Crippen LogP contribution in [0.25, 0.3) is 21.5 Å². The second-order valence-electron chi connectivity index (χ2n) is 23.9. The zero-order valence-electron chi connectivity index (χ0n) is 52.0. The van der Waals surface area contributed by atoms with Crippen molar-refractivity contribution in [3.8, 4) is 0 Å². The predicted molar refractivity (Wildman–Crippen MR) is 356 cm³/mol. The van der Waals surface area contributed by atoms with Gasteiger partial charge in [-0.25, -0.2) is 0 Å². The number of ether oxygens (including phenoxy) is 1. The molecule has 7 aromatic rings. The molecule has 1 amide bonds. The maximum Gasteiger partial charge on any atom is 0.306 e. The minimum absolute atomic E-state index is 0. The molecule has 0 bridgehead atoms. The first-order chi connectivity index (χ1) is 42.7. The van der Waals surface area contributed by atoms with Gasteiger partial charge in [0, 0.05) is 105 Å². The fourth-order valence-corrected chi connectivity index (χ4v) is 12.9. The molecule has 0 fully saturated rings. The van der Waals surface area contributed by atoms with Crippen molar-refractivity contribution in [2.75, 3.05) is 48.3 Å². The Morgan fingerprint density at radius 1 is 0.708 bits per heavy atom. The van der Waals surface area contributed by atoms with E-state index in [0.29, 0.717) is 12.2 Å². The van der Waals surface area contributed by atoms with Gasteiger partial charge in [0.2, 0.25) is 11.6 Å². The average Bonchev–Trinajstić information content (AvgIpc) is 1.85. The fourth-order valence-electron chi connectivity index (χ4n) is 12.9. The van der Waals surface area contributed by atoms with Crippen molar-refractivity contribution in [2.45, 2.75) is 110 Å². The van der Waals surface area contributed by atoms with Crippen molar-refractivity contribution in [3.05, 3.63) is 204 Å². The van der Waals surface area contributed by atoms with Gasteiger partial charge in [0.05, 0.1) is 34.6 Å². The SMILES string of the molecule is CCN1/C(=C\C=C\C2=C(NCCCCNC(=O)CCC(=O)OCC3(C)Nc4cccc5c(N=Nc6ccc(N=Nc7ccccc7)c7ccccc67)ccc(c45)N3)C(/C=C/C3=[N+](CC)c4ccccc4C3(C)C)CCC2)C(C)(C)c2ccccc21.O=CO.[I-]. The van der Waals surface area contributed by atoms with Crippen molar-refractivity contribution >= 4 is 91.1 Å². The molecule has 89 heavy (non-hydrogen) atoms. The number of rotatable bonds is 21. The number of hydrogen-bond acceptors (Lipinski definition) is 12. The lowest BCUT2D eigenvalue weighted by molar-refractivity contribution is -0.433. The highest BCUT2D eigenvalue weighted by atomic mass is 127. The van der Waals surface area contributed by atoms with Crippen LogP contribution in [0.2, 0.25) is 0 Å². The summed E-state index contributed by atoms with van der Waals surface area (Å²) < 4.78 is 8.29. The lowest BCUT2D eigenvalue weighted by Gasteiger charge is -2.38. The number of hydrogen-bond donors (Lipinski definition) is 5. The first-order valence-corrected chi connectivity index (χ1v) is 30.9. The van der Waals surface area contributed by atoms with E-state index in [-0.39, 0.29) is 72.6 Å². The molecule has 11 rings (SSSR count). The summed E-state index contributed by atoms with van der Waals surface area (Å²) in [5.74, 6) is -0.361. The highest BCUT2D eigenvalue weighted by molar-refractivity contribution is 6.10. The lowest BCUT2D eigenvalue weighted by atomic mass is 9.80. The van der Waals surface area contributed by atoms with E-state index in [2.05, 4.69) is 161 Å².